The highest BCUT2D eigenvalue weighted by Gasteiger charge is 2.05. The Balaban J connectivity index is 2.86. The predicted molar refractivity (Wildman–Crippen MR) is 67.8 cm³/mol. The van der Waals surface area contributed by atoms with Gasteiger partial charge in [-0.05, 0) is 49.3 Å². The van der Waals surface area contributed by atoms with Crippen molar-refractivity contribution in [3.05, 3.63) is 28.8 Å². The molecule has 0 aromatic heterocycles. The lowest BCUT2D eigenvalue weighted by molar-refractivity contribution is -0.115. The Morgan fingerprint density at radius 1 is 1.20 bits per heavy atom. The van der Waals surface area contributed by atoms with Crippen LogP contribution in [0.3, 0.4) is 0 Å². The average Bonchev–Trinajstić information content (AvgIpc) is 2.14. The van der Waals surface area contributed by atoms with Gasteiger partial charge in [-0.3, -0.25) is 4.79 Å². The summed E-state index contributed by atoms with van der Waals surface area (Å²) in [5.74, 6) is 0.603. The van der Waals surface area contributed by atoms with Gasteiger partial charge in [-0.25, -0.2) is 0 Å². The van der Waals surface area contributed by atoms with Gasteiger partial charge in [0.1, 0.15) is 0 Å². The Morgan fingerprint density at radius 3 is 2.40 bits per heavy atom. The number of thiol groups is 1. The molecule has 0 atom stereocenters. The first kappa shape index (κ1) is 12.1. The van der Waals surface area contributed by atoms with Gasteiger partial charge in [0.15, 0.2) is 0 Å². The molecule has 0 saturated carbocycles. The van der Waals surface area contributed by atoms with E-state index in [2.05, 4.69) is 30.9 Å². The summed E-state index contributed by atoms with van der Waals surface area (Å²) in [7, 11) is 0. The van der Waals surface area contributed by atoms with E-state index in [1.165, 1.54) is 11.1 Å². The largest absolute Gasteiger partial charge is 0.326 e. The van der Waals surface area contributed by atoms with Crippen LogP contribution in [0.5, 0.6) is 0 Å². The van der Waals surface area contributed by atoms with Crippen LogP contribution < -0.4 is 5.32 Å². The van der Waals surface area contributed by atoms with Crippen molar-refractivity contribution < 1.29 is 4.79 Å². The first-order valence-electron chi connectivity index (χ1n) is 5.03. The SMILES string of the molecule is Cc1cc(C)c(NC(=O)CCS)cc1C. The molecule has 0 bridgehead atoms. The van der Waals surface area contributed by atoms with E-state index in [9.17, 15) is 4.79 Å². The van der Waals surface area contributed by atoms with Gasteiger partial charge in [0, 0.05) is 12.1 Å². The number of hydrogen-bond acceptors (Lipinski definition) is 2. The average molecular weight is 223 g/mol. The fourth-order valence-corrected chi connectivity index (χ4v) is 1.61. The van der Waals surface area contributed by atoms with Crippen molar-refractivity contribution in [3.8, 4) is 0 Å². The summed E-state index contributed by atoms with van der Waals surface area (Å²) in [4.78, 5) is 11.4. The third-order valence-electron chi connectivity index (χ3n) is 2.45. The number of anilines is 1. The first-order valence-corrected chi connectivity index (χ1v) is 5.66. The Hall–Kier alpha value is -0.960. The quantitative estimate of drug-likeness (QED) is 0.758. The molecule has 1 aromatic carbocycles. The zero-order valence-electron chi connectivity index (χ0n) is 9.42. The fraction of sp³-hybridized carbons (Fsp3) is 0.417. The van der Waals surface area contributed by atoms with E-state index in [4.69, 9.17) is 0 Å². The molecule has 0 aliphatic heterocycles. The molecule has 0 radical (unpaired) electrons. The van der Waals surface area contributed by atoms with E-state index in [1.807, 2.05) is 19.9 Å². The molecule has 3 heteroatoms. The maximum Gasteiger partial charge on any atom is 0.225 e. The van der Waals surface area contributed by atoms with E-state index in [0.29, 0.717) is 12.2 Å². The van der Waals surface area contributed by atoms with Crippen LogP contribution in [0.2, 0.25) is 0 Å². The van der Waals surface area contributed by atoms with Gasteiger partial charge in [0.2, 0.25) is 5.91 Å². The highest BCUT2D eigenvalue weighted by Crippen LogP contribution is 2.20. The lowest BCUT2D eigenvalue weighted by Crippen LogP contribution is -2.12. The number of aryl methyl sites for hydroxylation is 3. The van der Waals surface area contributed by atoms with Crippen molar-refractivity contribution in [1.82, 2.24) is 0 Å². The van der Waals surface area contributed by atoms with Crippen molar-refractivity contribution in [2.75, 3.05) is 11.1 Å². The van der Waals surface area contributed by atoms with E-state index >= 15 is 0 Å². The molecule has 2 nitrogen and oxygen atoms in total. The molecule has 0 aliphatic carbocycles. The number of carbonyl (C=O) groups is 1. The number of benzene rings is 1. The second-order valence-electron chi connectivity index (χ2n) is 3.77. The van der Waals surface area contributed by atoms with Crippen molar-refractivity contribution in [1.29, 1.82) is 0 Å². The van der Waals surface area contributed by atoms with Gasteiger partial charge < -0.3 is 5.32 Å². The number of rotatable bonds is 3. The van der Waals surface area contributed by atoms with Crippen LogP contribution in [0, 0.1) is 20.8 Å². The predicted octanol–water partition coefficient (Wildman–Crippen LogP) is 2.87. The smallest absolute Gasteiger partial charge is 0.225 e. The fourth-order valence-electron chi connectivity index (χ4n) is 1.41. The molecule has 82 valence electrons. The molecule has 1 amide bonds. The molecular formula is C12H17NOS. The minimum absolute atomic E-state index is 0.0244. The van der Waals surface area contributed by atoms with E-state index in [1.54, 1.807) is 0 Å². The molecule has 0 heterocycles. The summed E-state index contributed by atoms with van der Waals surface area (Å²) in [5.41, 5.74) is 4.46. The third kappa shape index (κ3) is 3.27. The van der Waals surface area contributed by atoms with Crippen LogP contribution in [0.4, 0.5) is 5.69 Å². The summed E-state index contributed by atoms with van der Waals surface area (Å²) in [6.45, 7) is 6.12. The summed E-state index contributed by atoms with van der Waals surface area (Å²) in [6, 6.07) is 4.10. The first-order chi connectivity index (χ1) is 7.04. The Kier molecular flexibility index (Phi) is 4.21. The Morgan fingerprint density at radius 2 is 1.80 bits per heavy atom. The number of hydrogen-bond donors (Lipinski definition) is 2. The molecule has 0 fully saturated rings. The van der Waals surface area contributed by atoms with Gasteiger partial charge in [-0.1, -0.05) is 6.07 Å². The standard InChI is InChI=1S/C12H17NOS/c1-8-6-10(3)11(7-9(8)2)13-12(14)4-5-15/h6-7,15H,4-5H2,1-3H3,(H,13,14). The van der Waals surface area contributed by atoms with Gasteiger partial charge in [-0.15, -0.1) is 0 Å². The van der Waals surface area contributed by atoms with Crippen LogP contribution in [0.15, 0.2) is 12.1 Å². The van der Waals surface area contributed by atoms with Crippen molar-refractivity contribution in [2.24, 2.45) is 0 Å². The molecular weight excluding hydrogens is 206 g/mol. The molecule has 0 spiro atoms. The van der Waals surface area contributed by atoms with E-state index in [-0.39, 0.29) is 5.91 Å². The zero-order valence-corrected chi connectivity index (χ0v) is 10.3. The second kappa shape index (κ2) is 5.21. The van der Waals surface area contributed by atoms with Crippen molar-refractivity contribution in [3.63, 3.8) is 0 Å². The van der Waals surface area contributed by atoms with Gasteiger partial charge >= 0.3 is 0 Å². The second-order valence-corrected chi connectivity index (χ2v) is 4.22. The van der Waals surface area contributed by atoms with Gasteiger partial charge in [0.25, 0.3) is 0 Å². The topological polar surface area (TPSA) is 29.1 Å². The lowest BCUT2D eigenvalue weighted by atomic mass is 10.0. The molecule has 1 N–H and O–H groups in total. The molecule has 1 aromatic rings. The molecule has 0 saturated heterocycles. The molecule has 15 heavy (non-hydrogen) atoms. The molecule has 1 rings (SSSR count). The van der Waals surface area contributed by atoms with Crippen LogP contribution in [0.25, 0.3) is 0 Å². The molecule has 0 aliphatic rings. The van der Waals surface area contributed by atoms with Crippen LogP contribution in [-0.4, -0.2) is 11.7 Å². The van der Waals surface area contributed by atoms with Crippen LogP contribution in [-0.2, 0) is 4.79 Å². The Labute approximate surface area is 96.5 Å². The zero-order chi connectivity index (χ0) is 11.4. The van der Waals surface area contributed by atoms with Gasteiger partial charge in [0.05, 0.1) is 0 Å². The van der Waals surface area contributed by atoms with Crippen molar-refractivity contribution in [2.45, 2.75) is 27.2 Å². The third-order valence-corrected chi connectivity index (χ3v) is 2.68. The number of amides is 1. The number of carbonyl (C=O) groups excluding carboxylic acids is 1. The summed E-state index contributed by atoms with van der Waals surface area (Å²) in [6.07, 6.45) is 0.454. The van der Waals surface area contributed by atoms with Gasteiger partial charge in [-0.2, -0.15) is 12.6 Å². The summed E-state index contributed by atoms with van der Waals surface area (Å²) in [5, 5.41) is 2.89. The highest BCUT2D eigenvalue weighted by atomic mass is 32.1. The number of nitrogens with one attached hydrogen (secondary N) is 1. The Bertz CT molecular complexity index is 374. The normalized spacial score (nSPS) is 10.1. The minimum atomic E-state index is 0.0244. The maximum absolute atomic E-state index is 11.4. The maximum atomic E-state index is 11.4. The highest BCUT2D eigenvalue weighted by molar-refractivity contribution is 7.80. The summed E-state index contributed by atoms with van der Waals surface area (Å²) >= 11 is 4.03. The summed E-state index contributed by atoms with van der Waals surface area (Å²) < 4.78 is 0. The van der Waals surface area contributed by atoms with Crippen molar-refractivity contribution >= 4 is 24.2 Å². The van der Waals surface area contributed by atoms with E-state index < -0.39 is 0 Å². The monoisotopic (exact) mass is 223 g/mol. The van der Waals surface area contributed by atoms with Crippen LogP contribution in [0.1, 0.15) is 23.1 Å². The van der Waals surface area contributed by atoms with Crippen LogP contribution >= 0.6 is 12.6 Å². The lowest BCUT2D eigenvalue weighted by Gasteiger charge is -2.10. The molecule has 0 unspecified atom stereocenters. The minimum Gasteiger partial charge on any atom is -0.326 e. The van der Waals surface area contributed by atoms with E-state index in [0.717, 1.165) is 11.3 Å².